The van der Waals surface area contributed by atoms with Gasteiger partial charge in [0.25, 0.3) is 0 Å². The maximum absolute atomic E-state index is 10.5. The second kappa shape index (κ2) is 3.96. The maximum Gasteiger partial charge on any atom is 0.332 e. The molecular formula is C11H11N3O. The molecule has 0 saturated heterocycles. The fourth-order valence-corrected chi connectivity index (χ4v) is 1.55. The number of hydrogen-bond acceptors (Lipinski definition) is 2. The highest BCUT2D eigenvalue weighted by atomic mass is 16.2. The topological polar surface area (TPSA) is 67.5 Å². The summed E-state index contributed by atoms with van der Waals surface area (Å²) in [5.41, 5.74) is 10.2. The van der Waals surface area contributed by atoms with Gasteiger partial charge in [0.2, 0.25) is 0 Å². The van der Waals surface area contributed by atoms with Crippen LogP contribution in [0, 0.1) is 0 Å². The van der Waals surface area contributed by atoms with Crippen molar-refractivity contribution in [3.05, 3.63) is 47.6 Å². The maximum atomic E-state index is 10.5. The number of primary amides is 1. The molecule has 2 aliphatic carbocycles. The minimum atomic E-state index is -0.642. The lowest BCUT2D eigenvalue weighted by molar-refractivity contribution is 0.249. The number of nitrogens with two attached hydrogens (primary N) is 1. The van der Waals surface area contributed by atoms with E-state index < -0.39 is 6.03 Å². The zero-order chi connectivity index (χ0) is 10.7. The van der Waals surface area contributed by atoms with E-state index in [4.69, 9.17) is 5.73 Å². The molecule has 0 bridgehead atoms. The van der Waals surface area contributed by atoms with Crippen LogP contribution in [0.25, 0.3) is 0 Å². The van der Waals surface area contributed by atoms with E-state index in [9.17, 15) is 4.79 Å². The molecule has 3 N–H and O–H groups in total. The van der Waals surface area contributed by atoms with Crippen molar-refractivity contribution in [1.82, 2.24) is 5.43 Å². The van der Waals surface area contributed by atoms with Crippen LogP contribution in [-0.4, -0.2) is 11.7 Å². The van der Waals surface area contributed by atoms with Gasteiger partial charge in [-0.05, 0) is 5.57 Å². The zero-order valence-corrected chi connectivity index (χ0v) is 8.10. The van der Waals surface area contributed by atoms with Crippen LogP contribution >= 0.6 is 0 Å². The Morgan fingerprint density at radius 1 is 1.40 bits per heavy atom. The molecule has 0 saturated carbocycles. The van der Waals surface area contributed by atoms with Crippen molar-refractivity contribution in [3.8, 4) is 0 Å². The summed E-state index contributed by atoms with van der Waals surface area (Å²) >= 11 is 0. The van der Waals surface area contributed by atoms with E-state index in [0.717, 1.165) is 23.3 Å². The molecule has 76 valence electrons. The standard InChI is InChI=1S/C11H11N3O/c12-11(15)14-13-10-7-6-8-4-2-1-3-5-9(8)10/h1-6H,7H2,(H3,12,14,15). The average Bonchev–Trinajstić information content (AvgIpc) is 2.44. The third kappa shape index (κ3) is 2.04. The number of allylic oxidation sites excluding steroid dienone is 8. The summed E-state index contributed by atoms with van der Waals surface area (Å²) in [6.45, 7) is 0. The van der Waals surface area contributed by atoms with Gasteiger partial charge in [0.15, 0.2) is 0 Å². The number of carbonyl (C=O) groups excluding carboxylic acids is 1. The third-order valence-corrected chi connectivity index (χ3v) is 2.20. The van der Waals surface area contributed by atoms with Crippen molar-refractivity contribution in [2.45, 2.75) is 6.42 Å². The summed E-state index contributed by atoms with van der Waals surface area (Å²) in [5, 5.41) is 3.95. The molecule has 0 radical (unpaired) electrons. The quantitative estimate of drug-likeness (QED) is 0.618. The van der Waals surface area contributed by atoms with Crippen molar-refractivity contribution in [2.24, 2.45) is 10.8 Å². The number of nitrogens with zero attached hydrogens (tertiary/aromatic N) is 1. The van der Waals surface area contributed by atoms with Gasteiger partial charge in [-0.3, -0.25) is 0 Å². The first-order valence-corrected chi connectivity index (χ1v) is 4.65. The summed E-state index contributed by atoms with van der Waals surface area (Å²) in [4.78, 5) is 10.5. The molecular weight excluding hydrogens is 190 g/mol. The van der Waals surface area contributed by atoms with E-state index in [2.05, 4.69) is 16.6 Å². The van der Waals surface area contributed by atoms with Crippen molar-refractivity contribution in [1.29, 1.82) is 0 Å². The van der Waals surface area contributed by atoms with Gasteiger partial charge in [0.05, 0.1) is 5.71 Å². The highest BCUT2D eigenvalue weighted by molar-refractivity contribution is 6.09. The fraction of sp³-hybridized carbons (Fsp3) is 0.0909. The molecule has 0 aliphatic heterocycles. The molecule has 2 rings (SSSR count). The average molecular weight is 201 g/mol. The lowest BCUT2D eigenvalue weighted by Gasteiger charge is -2.01. The first-order valence-electron chi connectivity index (χ1n) is 4.65. The minimum absolute atomic E-state index is 0.642. The number of fused-ring (bicyclic) bond motifs is 1. The van der Waals surface area contributed by atoms with Crippen molar-refractivity contribution < 1.29 is 4.79 Å². The highest BCUT2D eigenvalue weighted by Crippen LogP contribution is 2.25. The van der Waals surface area contributed by atoms with Gasteiger partial charge in [-0.2, -0.15) is 5.10 Å². The Bertz CT molecular complexity index is 439. The largest absolute Gasteiger partial charge is 0.350 e. The van der Waals surface area contributed by atoms with Gasteiger partial charge < -0.3 is 5.73 Å². The monoisotopic (exact) mass is 201 g/mol. The second-order valence-electron chi connectivity index (χ2n) is 3.22. The van der Waals surface area contributed by atoms with Crippen molar-refractivity contribution >= 4 is 11.7 Å². The predicted molar refractivity (Wildman–Crippen MR) is 59.2 cm³/mol. The number of hydrazone groups is 1. The number of nitrogens with one attached hydrogen (secondary N) is 1. The predicted octanol–water partition coefficient (Wildman–Crippen LogP) is 1.39. The summed E-state index contributed by atoms with van der Waals surface area (Å²) in [5.74, 6) is 0. The Morgan fingerprint density at radius 3 is 3.07 bits per heavy atom. The third-order valence-electron chi connectivity index (χ3n) is 2.20. The summed E-state index contributed by atoms with van der Waals surface area (Å²) in [7, 11) is 0. The molecule has 4 nitrogen and oxygen atoms in total. The van der Waals surface area contributed by atoms with E-state index in [-0.39, 0.29) is 0 Å². The smallest absolute Gasteiger partial charge is 0.332 e. The van der Waals surface area contributed by atoms with Crippen LogP contribution in [0.4, 0.5) is 4.79 Å². The molecule has 0 atom stereocenters. The van der Waals surface area contributed by atoms with Gasteiger partial charge in [-0.25, -0.2) is 10.2 Å². The second-order valence-corrected chi connectivity index (χ2v) is 3.22. The lowest BCUT2D eigenvalue weighted by atomic mass is 10.1. The van der Waals surface area contributed by atoms with E-state index in [1.165, 1.54) is 0 Å². The molecule has 0 spiro atoms. The molecule has 0 aromatic rings. The fourth-order valence-electron chi connectivity index (χ4n) is 1.55. The van der Waals surface area contributed by atoms with Gasteiger partial charge >= 0.3 is 6.03 Å². The molecule has 0 aromatic carbocycles. The first-order chi connectivity index (χ1) is 7.27. The Hall–Kier alpha value is -2.10. The Morgan fingerprint density at radius 2 is 2.27 bits per heavy atom. The van der Waals surface area contributed by atoms with Crippen LogP contribution in [-0.2, 0) is 0 Å². The molecule has 4 heteroatoms. The minimum Gasteiger partial charge on any atom is -0.350 e. The number of hydrogen-bond donors (Lipinski definition) is 2. The van der Waals surface area contributed by atoms with Crippen LogP contribution in [0.2, 0.25) is 0 Å². The molecule has 0 unspecified atom stereocenters. The summed E-state index contributed by atoms with van der Waals surface area (Å²) in [6.07, 6.45) is 12.6. The van der Waals surface area contributed by atoms with Gasteiger partial charge in [0.1, 0.15) is 0 Å². The van der Waals surface area contributed by atoms with Crippen LogP contribution in [0.1, 0.15) is 6.42 Å². The Balaban J connectivity index is 2.23. The van der Waals surface area contributed by atoms with Gasteiger partial charge in [0, 0.05) is 12.0 Å². The summed E-state index contributed by atoms with van der Waals surface area (Å²) in [6, 6.07) is -0.642. The lowest BCUT2D eigenvalue weighted by Crippen LogP contribution is -2.25. The van der Waals surface area contributed by atoms with Crippen molar-refractivity contribution in [3.63, 3.8) is 0 Å². The van der Waals surface area contributed by atoms with Crippen LogP contribution < -0.4 is 11.2 Å². The van der Waals surface area contributed by atoms with E-state index >= 15 is 0 Å². The number of amides is 2. The van der Waals surface area contributed by atoms with Crippen molar-refractivity contribution in [2.75, 3.05) is 0 Å². The molecule has 0 fully saturated rings. The molecule has 15 heavy (non-hydrogen) atoms. The van der Waals surface area contributed by atoms with E-state index in [0.29, 0.717) is 0 Å². The van der Waals surface area contributed by atoms with E-state index in [1.807, 2.05) is 30.4 Å². The Kier molecular flexibility index (Phi) is 2.49. The van der Waals surface area contributed by atoms with Gasteiger partial charge in [-0.15, -0.1) is 0 Å². The zero-order valence-electron chi connectivity index (χ0n) is 8.10. The van der Waals surface area contributed by atoms with E-state index in [1.54, 1.807) is 0 Å². The molecule has 2 amide bonds. The number of urea groups is 1. The number of rotatable bonds is 1. The van der Waals surface area contributed by atoms with Gasteiger partial charge in [-0.1, -0.05) is 36.5 Å². The normalized spacial score (nSPS) is 20.7. The van der Waals surface area contributed by atoms with Crippen LogP contribution in [0.3, 0.4) is 0 Å². The SMILES string of the molecule is NC(=O)NN=C1CC=C2C=CC=CC=C21. The molecule has 0 heterocycles. The number of carbonyl (C=O) groups is 1. The summed E-state index contributed by atoms with van der Waals surface area (Å²) < 4.78 is 0. The van der Waals surface area contributed by atoms with Crippen LogP contribution in [0.15, 0.2) is 52.7 Å². The van der Waals surface area contributed by atoms with Crippen LogP contribution in [0.5, 0.6) is 0 Å². The Labute approximate surface area is 87.5 Å². The first kappa shape index (κ1) is 9.45. The highest BCUT2D eigenvalue weighted by Gasteiger charge is 2.16. The molecule has 0 aromatic heterocycles. The molecule has 2 aliphatic rings.